The molecule has 0 saturated carbocycles. The second-order valence-electron chi connectivity index (χ2n) is 8.36. The zero-order chi connectivity index (χ0) is 20.5. The van der Waals surface area contributed by atoms with E-state index in [1.165, 1.54) is 0 Å². The number of rotatable bonds is 3. The maximum Gasteiger partial charge on any atom is 0.410 e. The predicted molar refractivity (Wildman–Crippen MR) is 106 cm³/mol. The van der Waals surface area contributed by atoms with Crippen molar-refractivity contribution >= 4 is 23.0 Å². The van der Waals surface area contributed by atoms with Gasteiger partial charge in [0.25, 0.3) is 0 Å². The van der Waals surface area contributed by atoms with Crippen LogP contribution in [0.25, 0.3) is 11.0 Å². The van der Waals surface area contributed by atoms with E-state index in [1.54, 1.807) is 4.90 Å². The fourth-order valence-corrected chi connectivity index (χ4v) is 3.38. The van der Waals surface area contributed by atoms with Crippen molar-refractivity contribution in [3.8, 4) is 0 Å². The number of carbonyl (C=O) groups excluding carboxylic acids is 2. The Balaban J connectivity index is 1.54. The molecule has 2 aromatic rings. The summed E-state index contributed by atoms with van der Waals surface area (Å²) in [5.41, 5.74) is 1.60. The number of aromatic nitrogens is 2. The standard InChI is InChI=1S/C20H28N4O4/c1-12(14-5-6-15-16(11-14)23-18(26)22-15)21-17(25)13-7-9-24(10-8-13)19(27)28-20(2,3)4/h5-6,11-13H,7-10H2,1-4H3,(H,21,25)(H2,22,23,26). The molecule has 2 heterocycles. The molecule has 2 amide bonds. The Morgan fingerprint density at radius 1 is 1.18 bits per heavy atom. The number of H-pyrrole nitrogens is 2. The normalized spacial score (nSPS) is 16.8. The molecule has 1 aliphatic heterocycles. The number of carbonyl (C=O) groups is 2. The van der Waals surface area contributed by atoms with Gasteiger partial charge in [0, 0.05) is 19.0 Å². The quantitative estimate of drug-likeness (QED) is 0.751. The zero-order valence-corrected chi connectivity index (χ0v) is 16.8. The van der Waals surface area contributed by atoms with Crippen molar-refractivity contribution < 1.29 is 14.3 Å². The van der Waals surface area contributed by atoms with Crippen molar-refractivity contribution in [3.63, 3.8) is 0 Å². The minimum Gasteiger partial charge on any atom is -0.444 e. The van der Waals surface area contributed by atoms with E-state index >= 15 is 0 Å². The first-order valence-electron chi connectivity index (χ1n) is 9.62. The first-order chi connectivity index (χ1) is 13.1. The monoisotopic (exact) mass is 388 g/mol. The van der Waals surface area contributed by atoms with Gasteiger partial charge in [-0.15, -0.1) is 0 Å². The number of amides is 2. The van der Waals surface area contributed by atoms with Crippen LogP contribution in [-0.2, 0) is 9.53 Å². The van der Waals surface area contributed by atoms with Crippen molar-refractivity contribution in [2.75, 3.05) is 13.1 Å². The van der Waals surface area contributed by atoms with Crippen molar-refractivity contribution in [2.24, 2.45) is 5.92 Å². The fourth-order valence-electron chi connectivity index (χ4n) is 3.38. The van der Waals surface area contributed by atoms with Crippen LogP contribution in [0.15, 0.2) is 23.0 Å². The number of likely N-dealkylation sites (tertiary alicyclic amines) is 1. The van der Waals surface area contributed by atoms with Crippen LogP contribution in [0.4, 0.5) is 4.79 Å². The molecule has 3 N–H and O–H groups in total. The molecule has 3 rings (SSSR count). The first-order valence-corrected chi connectivity index (χ1v) is 9.62. The van der Waals surface area contributed by atoms with Crippen molar-refractivity contribution in [1.82, 2.24) is 20.2 Å². The predicted octanol–water partition coefficient (Wildman–Crippen LogP) is 2.68. The number of hydrogen-bond donors (Lipinski definition) is 3. The molecule has 0 bridgehead atoms. The van der Waals surface area contributed by atoms with E-state index in [1.807, 2.05) is 45.9 Å². The van der Waals surface area contributed by atoms with Gasteiger partial charge in [0.2, 0.25) is 5.91 Å². The number of ether oxygens (including phenoxy) is 1. The molecule has 1 unspecified atom stereocenters. The Morgan fingerprint density at radius 3 is 2.46 bits per heavy atom. The summed E-state index contributed by atoms with van der Waals surface area (Å²) in [6.45, 7) is 8.46. The third-order valence-corrected chi connectivity index (χ3v) is 4.92. The van der Waals surface area contributed by atoms with Gasteiger partial charge in [-0.2, -0.15) is 0 Å². The smallest absolute Gasteiger partial charge is 0.410 e. The van der Waals surface area contributed by atoms with E-state index in [0.717, 1.165) is 11.1 Å². The van der Waals surface area contributed by atoms with Crippen LogP contribution < -0.4 is 11.0 Å². The zero-order valence-electron chi connectivity index (χ0n) is 16.8. The lowest BCUT2D eigenvalue weighted by Crippen LogP contribution is -2.45. The van der Waals surface area contributed by atoms with Crippen LogP contribution in [0, 0.1) is 5.92 Å². The highest BCUT2D eigenvalue weighted by Gasteiger charge is 2.30. The summed E-state index contributed by atoms with van der Waals surface area (Å²) in [7, 11) is 0. The van der Waals surface area contributed by atoms with Crippen molar-refractivity contribution in [2.45, 2.75) is 52.2 Å². The molecular formula is C20H28N4O4. The van der Waals surface area contributed by atoms with E-state index in [-0.39, 0.29) is 29.6 Å². The lowest BCUT2D eigenvalue weighted by molar-refractivity contribution is -0.127. The third kappa shape index (κ3) is 4.74. The molecule has 8 nitrogen and oxygen atoms in total. The molecule has 8 heteroatoms. The molecule has 0 aliphatic carbocycles. The summed E-state index contributed by atoms with van der Waals surface area (Å²) >= 11 is 0. The van der Waals surface area contributed by atoms with Crippen molar-refractivity contribution in [3.05, 3.63) is 34.2 Å². The van der Waals surface area contributed by atoms with Crippen molar-refractivity contribution in [1.29, 1.82) is 0 Å². The molecule has 1 saturated heterocycles. The minimum atomic E-state index is -0.522. The Labute approximate surface area is 163 Å². The molecule has 0 spiro atoms. The van der Waals surface area contributed by atoms with Crippen LogP contribution in [0.1, 0.15) is 52.1 Å². The summed E-state index contributed by atoms with van der Waals surface area (Å²) in [5, 5.41) is 3.04. The number of aromatic amines is 2. The van der Waals surface area contributed by atoms with Gasteiger partial charge >= 0.3 is 11.8 Å². The molecular weight excluding hydrogens is 360 g/mol. The Hall–Kier alpha value is -2.77. The Bertz CT molecular complexity index is 916. The largest absolute Gasteiger partial charge is 0.444 e. The number of imidazole rings is 1. The maximum absolute atomic E-state index is 12.6. The number of benzene rings is 1. The Morgan fingerprint density at radius 2 is 1.82 bits per heavy atom. The van der Waals surface area contributed by atoms with Crippen LogP contribution in [0.3, 0.4) is 0 Å². The number of piperidine rings is 1. The molecule has 1 aromatic carbocycles. The van der Waals surface area contributed by atoms with Gasteiger partial charge in [-0.05, 0) is 58.2 Å². The van der Waals surface area contributed by atoms with Crippen LogP contribution in [-0.4, -0.2) is 45.6 Å². The first kappa shape index (κ1) is 20.0. The topological polar surface area (TPSA) is 107 Å². The molecule has 0 radical (unpaired) electrons. The van der Waals surface area contributed by atoms with E-state index in [0.29, 0.717) is 31.4 Å². The number of nitrogens with zero attached hydrogens (tertiary/aromatic N) is 1. The van der Waals surface area contributed by atoms with Gasteiger partial charge in [0.15, 0.2) is 0 Å². The highest BCUT2D eigenvalue weighted by Crippen LogP contribution is 2.22. The molecule has 1 atom stereocenters. The lowest BCUT2D eigenvalue weighted by Gasteiger charge is -2.33. The fraction of sp³-hybridized carbons (Fsp3) is 0.550. The number of fused-ring (bicyclic) bond motifs is 1. The summed E-state index contributed by atoms with van der Waals surface area (Å²) in [5.74, 6) is -0.143. The van der Waals surface area contributed by atoms with Gasteiger partial charge in [-0.3, -0.25) is 4.79 Å². The molecule has 1 fully saturated rings. The van der Waals surface area contributed by atoms with E-state index in [2.05, 4.69) is 15.3 Å². The lowest BCUT2D eigenvalue weighted by atomic mass is 9.95. The molecule has 28 heavy (non-hydrogen) atoms. The number of nitrogens with one attached hydrogen (secondary N) is 3. The summed E-state index contributed by atoms with van der Waals surface area (Å²) < 4.78 is 5.39. The summed E-state index contributed by atoms with van der Waals surface area (Å²) in [6.07, 6.45) is 0.901. The van der Waals surface area contributed by atoms with Crippen LogP contribution >= 0.6 is 0 Å². The molecule has 1 aliphatic rings. The second kappa shape index (κ2) is 7.69. The SMILES string of the molecule is CC(NC(=O)C1CCN(C(=O)OC(C)(C)C)CC1)c1ccc2[nH]c(=O)[nH]c2c1. The second-order valence-corrected chi connectivity index (χ2v) is 8.36. The average Bonchev–Trinajstić information content (AvgIpc) is 2.99. The molecule has 1 aromatic heterocycles. The molecule has 152 valence electrons. The van der Waals surface area contributed by atoms with Gasteiger partial charge in [-0.1, -0.05) is 6.07 Å². The number of hydrogen-bond acceptors (Lipinski definition) is 4. The highest BCUT2D eigenvalue weighted by molar-refractivity contribution is 5.80. The van der Waals surface area contributed by atoms with Gasteiger partial charge in [0.05, 0.1) is 17.1 Å². The highest BCUT2D eigenvalue weighted by atomic mass is 16.6. The van der Waals surface area contributed by atoms with Gasteiger partial charge in [0.1, 0.15) is 5.60 Å². The van der Waals surface area contributed by atoms with E-state index in [4.69, 9.17) is 4.74 Å². The van der Waals surface area contributed by atoms with E-state index < -0.39 is 5.60 Å². The summed E-state index contributed by atoms with van der Waals surface area (Å²) in [4.78, 5) is 43.3. The average molecular weight is 388 g/mol. The maximum atomic E-state index is 12.6. The van der Waals surface area contributed by atoms with Gasteiger partial charge in [-0.25, -0.2) is 9.59 Å². The van der Waals surface area contributed by atoms with Crippen LogP contribution in [0.5, 0.6) is 0 Å². The summed E-state index contributed by atoms with van der Waals surface area (Å²) in [6, 6.07) is 5.40. The van der Waals surface area contributed by atoms with Crippen LogP contribution in [0.2, 0.25) is 0 Å². The minimum absolute atomic E-state index is 0.0148. The van der Waals surface area contributed by atoms with Gasteiger partial charge < -0.3 is 24.9 Å². The van der Waals surface area contributed by atoms with E-state index in [9.17, 15) is 14.4 Å². The Kier molecular flexibility index (Phi) is 5.49. The third-order valence-electron chi connectivity index (χ3n) is 4.92.